The van der Waals surface area contributed by atoms with Gasteiger partial charge in [0, 0.05) is 6.20 Å². The number of rotatable bonds is 3. The summed E-state index contributed by atoms with van der Waals surface area (Å²) in [6.45, 7) is 3.30. The van der Waals surface area contributed by atoms with Crippen molar-refractivity contribution < 1.29 is 18.8 Å². The molecule has 0 aliphatic rings. The summed E-state index contributed by atoms with van der Waals surface area (Å²) in [5.74, 6) is -0.920. The summed E-state index contributed by atoms with van der Waals surface area (Å²) < 4.78 is 9.48. The first-order valence-corrected chi connectivity index (χ1v) is 5.63. The average Bonchev–Trinajstić information content (AvgIpc) is 2.78. The van der Waals surface area contributed by atoms with Gasteiger partial charge in [-0.3, -0.25) is 4.79 Å². The van der Waals surface area contributed by atoms with Gasteiger partial charge in [-0.05, 0) is 19.9 Å². The highest BCUT2D eigenvalue weighted by Crippen LogP contribution is 2.16. The Morgan fingerprint density at radius 1 is 1.47 bits per heavy atom. The summed E-state index contributed by atoms with van der Waals surface area (Å²) in [7, 11) is 1.26. The first-order valence-electron chi connectivity index (χ1n) is 5.63. The zero-order valence-corrected chi connectivity index (χ0v) is 10.8. The maximum absolute atomic E-state index is 11.9. The quantitative estimate of drug-likeness (QED) is 0.824. The van der Waals surface area contributed by atoms with E-state index in [1.165, 1.54) is 13.3 Å². The molecule has 19 heavy (non-hydrogen) atoms. The van der Waals surface area contributed by atoms with Crippen LogP contribution in [0.3, 0.4) is 0 Å². The van der Waals surface area contributed by atoms with Gasteiger partial charge in [0.2, 0.25) is 0 Å². The Hall–Kier alpha value is -2.44. The molecule has 2 heterocycles. The van der Waals surface area contributed by atoms with Crippen LogP contribution in [0.15, 0.2) is 16.8 Å². The van der Waals surface area contributed by atoms with Crippen LogP contribution in [0.4, 0.5) is 0 Å². The lowest BCUT2D eigenvalue weighted by molar-refractivity contribution is -0.142. The van der Waals surface area contributed by atoms with E-state index in [2.05, 4.69) is 20.2 Å². The van der Waals surface area contributed by atoms with Gasteiger partial charge in [-0.1, -0.05) is 5.16 Å². The van der Waals surface area contributed by atoms with E-state index in [1.807, 2.05) is 0 Å². The third-order valence-corrected chi connectivity index (χ3v) is 2.67. The van der Waals surface area contributed by atoms with E-state index in [0.717, 1.165) is 0 Å². The smallest absolute Gasteiger partial charge is 0.328 e. The minimum atomic E-state index is -0.725. The number of aryl methyl sites for hydroxylation is 1. The highest BCUT2D eigenvalue weighted by Gasteiger charge is 2.18. The number of nitrogens with zero attached hydrogens (tertiary/aromatic N) is 2. The molecule has 0 spiro atoms. The van der Waals surface area contributed by atoms with Gasteiger partial charge in [-0.15, -0.1) is 0 Å². The molecule has 7 heteroatoms. The molecule has 0 radical (unpaired) electrons. The number of aromatic nitrogens is 2. The minimum Gasteiger partial charge on any atom is -0.467 e. The van der Waals surface area contributed by atoms with Gasteiger partial charge in [-0.2, -0.15) is 0 Å². The zero-order chi connectivity index (χ0) is 14.0. The van der Waals surface area contributed by atoms with Crippen LogP contribution in [-0.2, 0) is 9.53 Å². The normalized spacial score (nSPS) is 12.2. The monoisotopic (exact) mass is 263 g/mol. The molecule has 100 valence electrons. The molecular formula is C12H13N3O4. The second-order valence-corrected chi connectivity index (χ2v) is 4.06. The van der Waals surface area contributed by atoms with Gasteiger partial charge in [0.1, 0.15) is 6.04 Å². The van der Waals surface area contributed by atoms with E-state index < -0.39 is 17.9 Å². The van der Waals surface area contributed by atoms with Gasteiger partial charge >= 0.3 is 5.97 Å². The maximum Gasteiger partial charge on any atom is 0.328 e. The fourth-order valence-electron chi connectivity index (χ4n) is 1.58. The third-order valence-electron chi connectivity index (χ3n) is 2.67. The van der Waals surface area contributed by atoms with Crippen LogP contribution in [0.5, 0.6) is 0 Å². The molecule has 0 bridgehead atoms. The van der Waals surface area contributed by atoms with E-state index in [0.29, 0.717) is 22.4 Å². The highest BCUT2D eigenvalue weighted by molar-refractivity contribution is 5.98. The van der Waals surface area contributed by atoms with E-state index in [1.54, 1.807) is 19.9 Å². The summed E-state index contributed by atoms with van der Waals surface area (Å²) in [6, 6.07) is 0.893. The molecule has 2 aromatic heterocycles. The molecule has 0 fully saturated rings. The van der Waals surface area contributed by atoms with Gasteiger partial charge in [-0.25, -0.2) is 9.78 Å². The van der Waals surface area contributed by atoms with Crippen molar-refractivity contribution in [3.63, 3.8) is 0 Å². The molecule has 1 unspecified atom stereocenters. The topological polar surface area (TPSA) is 94.3 Å². The Balaban J connectivity index is 2.21. The lowest BCUT2D eigenvalue weighted by atomic mass is 10.2. The van der Waals surface area contributed by atoms with Crippen LogP contribution in [0.2, 0.25) is 0 Å². The summed E-state index contributed by atoms with van der Waals surface area (Å²) >= 11 is 0. The molecule has 1 N–H and O–H groups in total. The van der Waals surface area contributed by atoms with Crippen LogP contribution in [0.25, 0.3) is 11.1 Å². The largest absolute Gasteiger partial charge is 0.467 e. The number of esters is 1. The Morgan fingerprint density at radius 2 is 2.21 bits per heavy atom. The summed E-state index contributed by atoms with van der Waals surface area (Å²) in [4.78, 5) is 27.2. The molecule has 0 saturated heterocycles. The number of carbonyl (C=O) groups is 2. The van der Waals surface area contributed by atoms with Crippen molar-refractivity contribution in [2.75, 3.05) is 7.11 Å². The summed E-state index contributed by atoms with van der Waals surface area (Å²) in [6.07, 6.45) is 1.37. The highest BCUT2D eigenvalue weighted by atomic mass is 16.5. The number of nitrogens with one attached hydrogen (secondary N) is 1. The number of carbonyl (C=O) groups excluding carboxylic acids is 2. The van der Waals surface area contributed by atoms with Gasteiger partial charge in [0.25, 0.3) is 11.6 Å². The van der Waals surface area contributed by atoms with Crippen LogP contribution in [-0.4, -0.2) is 35.2 Å². The van der Waals surface area contributed by atoms with Crippen molar-refractivity contribution in [3.05, 3.63) is 23.5 Å². The molecule has 1 atom stereocenters. The second kappa shape index (κ2) is 5.05. The molecular weight excluding hydrogens is 250 g/mol. The molecule has 1 amide bonds. The van der Waals surface area contributed by atoms with Crippen LogP contribution < -0.4 is 5.32 Å². The number of pyridine rings is 1. The number of amides is 1. The number of ether oxygens (including phenoxy) is 1. The third kappa shape index (κ3) is 2.54. The molecule has 0 aliphatic carbocycles. The number of methoxy groups -OCH3 is 1. The van der Waals surface area contributed by atoms with Crippen molar-refractivity contribution in [1.29, 1.82) is 0 Å². The number of hydrogen-bond donors (Lipinski definition) is 1. The molecule has 2 aromatic rings. The fourth-order valence-corrected chi connectivity index (χ4v) is 1.58. The predicted octanol–water partition coefficient (Wildman–Crippen LogP) is 0.823. The number of hydrogen-bond acceptors (Lipinski definition) is 6. The Labute approximate surface area is 108 Å². The second-order valence-electron chi connectivity index (χ2n) is 4.06. The van der Waals surface area contributed by atoms with E-state index >= 15 is 0 Å². The Morgan fingerprint density at radius 3 is 2.89 bits per heavy atom. The lowest BCUT2D eigenvalue weighted by Crippen LogP contribution is -2.39. The number of fused-ring (bicyclic) bond motifs is 1. The molecule has 0 aliphatic heterocycles. The van der Waals surface area contributed by atoms with Crippen LogP contribution >= 0.6 is 0 Å². The first-order chi connectivity index (χ1) is 9.02. The summed E-state index contributed by atoms with van der Waals surface area (Å²) in [5.41, 5.74) is 1.35. The predicted molar refractivity (Wildman–Crippen MR) is 65.5 cm³/mol. The van der Waals surface area contributed by atoms with E-state index in [4.69, 9.17) is 4.52 Å². The van der Waals surface area contributed by atoms with Crippen molar-refractivity contribution in [2.45, 2.75) is 19.9 Å². The van der Waals surface area contributed by atoms with Crippen LogP contribution in [0.1, 0.15) is 23.0 Å². The molecule has 2 rings (SSSR count). The standard InChI is InChI=1S/C12H13N3O4/c1-6-9-4-8(5-13-11(9)19-15-6)10(16)14-7(2)12(17)18-3/h4-5,7H,1-3H3,(H,14,16). The maximum atomic E-state index is 11.9. The zero-order valence-electron chi connectivity index (χ0n) is 10.8. The van der Waals surface area contributed by atoms with E-state index in [9.17, 15) is 9.59 Å². The van der Waals surface area contributed by atoms with E-state index in [-0.39, 0.29) is 0 Å². The van der Waals surface area contributed by atoms with Crippen molar-refractivity contribution in [1.82, 2.24) is 15.5 Å². The van der Waals surface area contributed by atoms with Crippen molar-refractivity contribution in [2.24, 2.45) is 0 Å². The lowest BCUT2D eigenvalue weighted by Gasteiger charge is -2.11. The Bertz CT molecular complexity index is 635. The molecule has 7 nitrogen and oxygen atoms in total. The molecule has 0 saturated carbocycles. The first kappa shape index (κ1) is 13.0. The summed E-state index contributed by atoms with van der Waals surface area (Å²) in [5, 5.41) is 6.94. The Kier molecular flexibility index (Phi) is 3.46. The van der Waals surface area contributed by atoms with Gasteiger partial charge < -0.3 is 14.6 Å². The minimum absolute atomic E-state index is 0.328. The van der Waals surface area contributed by atoms with Crippen molar-refractivity contribution in [3.8, 4) is 0 Å². The van der Waals surface area contributed by atoms with Crippen molar-refractivity contribution >= 4 is 23.0 Å². The SMILES string of the molecule is COC(=O)C(C)NC(=O)c1cnc2onc(C)c2c1. The van der Waals surface area contributed by atoms with Crippen LogP contribution in [0, 0.1) is 6.92 Å². The molecule has 0 aromatic carbocycles. The van der Waals surface area contributed by atoms with Gasteiger partial charge in [0.05, 0.1) is 23.8 Å². The van der Waals surface area contributed by atoms with Gasteiger partial charge in [0.15, 0.2) is 0 Å². The average molecular weight is 263 g/mol. The fraction of sp³-hybridized carbons (Fsp3) is 0.333.